The Morgan fingerprint density at radius 1 is 1.08 bits per heavy atom. The van der Waals surface area contributed by atoms with Crippen LogP contribution in [0.3, 0.4) is 0 Å². The summed E-state index contributed by atoms with van der Waals surface area (Å²) >= 11 is 0. The first-order chi connectivity index (χ1) is 12.8. The smallest absolute Gasteiger partial charge is 0.217 e. The summed E-state index contributed by atoms with van der Waals surface area (Å²) in [7, 11) is 0. The average molecular weight is 352 g/mol. The SMILES string of the molecule is O=C(Cc1ccccn1)C1CC(Oc2ncccc2C2CCOCC2)C1. The van der Waals surface area contributed by atoms with Crippen LogP contribution in [0.25, 0.3) is 0 Å². The minimum atomic E-state index is 0.0808. The Morgan fingerprint density at radius 3 is 2.65 bits per heavy atom. The molecule has 0 amide bonds. The molecular formula is C21H24N2O3. The van der Waals surface area contributed by atoms with Gasteiger partial charge in [-0.25, -0.2) is 4.98 Å². The Morgan fingerprint density at radius 2 is 1.88 bits per heavy atom. The highest BCUT2D eigenvalue weighted by Crippen LogP contribution is 2.37. The number of pyridine rings is 2. The van der Waals surface area contributed by atoms with Crippen LogP contribution in [-0.2, 0) is 16.0 Å². The van der Waals surface area contributed by atoms with Crippen LogP contribution >= 0.6 is 0 Å². The van der Waals surface area contributed by atoms with Gasteiger partial charge in [0.05, 0.1) is 0 Å². The summed E-state index contributed by atoms with van der Waals surface area (Å²) < 4.78 is 11.6. The number of rotatable bonds is 6. The van der Waals surface area contributed by atoms with Crippen LogP contribution in [0, 0.1) is 5.92 Å². The molecule has 0 bridgehead atoms. The molecule has 0 unspecified atom stereocenters. The fourth-order valence-corrected chi connectivity index (χ4v) is 3.73. The van der Waals surface area contributed by atoms with Crippen LogP contribution in [0.2, 0.25) is 0 Å². The topological polar surface area (TPSA) is 61.3 Å². The number of hydrogen-bond acceptors (Lipinski definition) is 5. The van der Waals surface area contributed by atoms with Gasteiger partial charge in [0.25, 0.3) is 0 Å². The van der Waals surface area contributed by atoms with E-state index in [1.165, 1.54) is 5.56 Å². The molecular weight excluding hydrogens is 328 g/mol. The fourth-order valence-electron chi connectivity index (χ4n) is 3.73. The third-order valence-corrected chi connectivity index (χ3v) is 5.37. The number of hydrogen-bond donors (Lipinski definition) is 0. The van der Waals surface area contributed by atoms with Crippen molar-refractivity contribution in [3.63, 3.8) is 0 Å². The van der Waals surface area contributed by atoms with E-state index in [1.807, 2.05) is 24.3 Å². The van der Waals surface area contributed by atoms with Crippen LogP contribution in [0.4, 0.5) is 0 Å². The zero-order valence-corrected chi connectivity index (χ0v) is 14.8. The van der Waals surface area contributed by atoms with Crippen molar-refractivity contribution in [3.05, 3.63) is 54.0 Å². The van der Waals surface area contributed by atoms with Crippen molar-refractivity contribution in [2.75, 3.05) is 13.2 Å². The first-order valence-electron chi connectivity index (χ1n) is 9.41. The molecule has 2 aromatic rings. The largest absolute Gasteiger partial charge is 0.474 e. The lowest BCUT2D eigenvalue weighted by molar-refractivity contribution is -0.127. The van der Waals surface area contributed by atoms with E-state index in [4.69, 9.17) is 9.47 Å². The lowest BCUT2D eigenvalue weighted by atomic mass is 9.78. The van der Waals surface area contributed by atoms with Crippen molar-refractivity contribution in [1.29, 1.82) is 0 Å². The predicted octanol–water partition coefficient (Wildman–Crippen LogP) is 3.34. The Balaban J connectivity index is 1.32. The first-order valence-corrected chi connectivity index (χ1v) is 9.41. The van der Waals surface area contributed by atoms with E-state index in [0.717, 1.165) is 50.5 Å². The zero-order chi connectivity index (χ0) is 17.8. The number of ketones is 1. The molecule has 2 aliphatic rings. The quantitative estimate of drug-likeness (QED) is 0.798. The van der Waals surface area contributed by atoms with Gasteiger partial charge in [-0.1, -0.05) is 12.1 Å². The number of Topliss-reactive ketones (excluding diaryl/α,β-unsaturated/α-hetero) is 1. The van der Waals surface area contributed by atoms with Crippen molar-refractivity contribution in [1.82, 2.24) is 9.97 Å². The average Bonchev–Trinajstić information content (AvgIpc) is 2.66. The van der Waals surface area contributed by atoms with E-state index >= 15 is 0 Å². The monoisotopic (exact) mass is 352 g/mol. The maximum absolute atomic E-state index is 12.4. The Labute approximate surface area is 153 Å². The van der Waals surface area contributed by atoms with E-state index in [1.54, 1.807) is 12.4 Å². The molecule has 1 aliphatic carbocycles. The third-order valence-electron chi connectivity index (χ3n) is 5.37. The normalized spacial score (nSPS) is 23.2. The van der Waals surface area contributed by atoms with Crippen molar-refractivity contribution >= 4 is 5.78 Å². The van der Waals surface area contributed by atoms with Crippen molar-refractivity contribution < 1.29 is 14.3 Å². The van der Waals surface area contributed by atoms with Crippen molar-refractivity contribution in [2.24, 2.45) is 5.92 Å². The summed E-state index contributed by atoms with van der Waals surface area (Å²) in [5, 5.41) is 0. The van der Waals surface area contributed by atoms with Gasteiger partial charge < -0.3 is 9.47 Å². The number of nitrogens with zero attached hydrogens (tertiary/aromatic N) is 2. The molecule has 1 saturated heterocycles. The molecule has 26 heavy (non-hydrogen) atoms. The number of ether oxygens (including phenoxy) is 2. The van der Waals surface area contributed by atoms with Crippen LogP contribution in [-0.4, -0.2) is 35.1 Å². The van der Waals surface area contributed by atoms with E-state index in [9.17, 15) is 4.79 Å². The number of aromatic nitrogens is 2. The van der Waals surface area contributed by atoms with E-state index in [0.29, 0.717) is 12.3 Å². The van der Waals surface area contributed by atoms with Gasteiger partial charge in [-0.15, -0.1) is 0 Å². The van der Waals surface area contributed by atoms with Crippen molar-refractivity contribution in [3.8, 4) is 5.88 Å². The fraction of sp³-hybridized carbons (Fsp3) is 0.476. The van der Waals surface area contributed by atoms with Crippen LogP contribution < -0.4 is 4.74 Å². The highest BCUT2D eigenvalue weighted by Gasteiger charge is 2.36. The summed E-state index contributed by atoms with van der Waals surface area (Å²) in [5.41, 5.74) is 2.02. The standard InChI is InChI=1S/C21H24N2O3/c24-20(14-17-4-1-2-8-22-17)16-12-18(13-16)26-21-19(5-3-9-23-21)15-6-10-25-11-7-15/h1-5,8-9,15-16,18H,6-7,10-14H2. The first kappa shape index (κ1) is 17.2. The second-order valence-electron chi connectivity index (χ2n) is 7.16. The van der Waals surface area contributed by atoms with E-state index < -0.39 is 0 Å². The lowest BCUT2D eigenvalue weighted by Crippen LogP contribution is -2.39. The molecule has 0 spiro atoms. The molecule has 0 N–H and O–H groups in total. The Hall–Kier alpha value is -2.27. The van der Waals surface area contributed by atoms with Gasteiger partial charge in [0, 0.05) is 49.2 Å². The molecule has 0 aromatic carbocycles. The molecule has 5 nitrogen and oxygen atoms in total. The minimum Gasteiger partial charge on any atom is -0.474 e. The Kier molecular flexibility index (Phi) is 5.25. The molecule has 0 atom stereocenters. The van der Waals surface area contributed by atoms with Gasteiger partial charge in [-0.2, -0.15) is 0 Å². The molecule has 2 aromatic heterocycles. The van der Waals surface area contributed by atoms with Gasteiger partial charge >= 0.3 is 0 Å². The second-order valence-corrected chi connectivity index (χ2v) is 7.16. The minimum absolute atomic E-state index is 0.0808. The molecule has 136 valence electrons. The number of carbonyl (C=O) groups excluding carboxylic acids is 1. The predicted molar refractivity (Wildman–Crippen MR) is 97.1 cm³/mol. The summed E-state index contributed by atoms with van der Waals surface area (Å²) in [5.74, 6) is 1.53. The summed E-state index contributed by atoms with van der Waals surface area (Å²) in [6.07, 6.45) is 7.58. The van der Waals surface area contributed by atoms with Gasteiger partial charge in [-0.3, -0.25) is 9.78 Å². The lowest BCUT2D eigenvalue weighted by Gasteiger charge is -2.35. The highest BCUT2D eigenvalue weighted by atomic mass is 16.5. The van der Waals surface area contributed by atoms with Crippen LogP contribution in [0.5, 0.6) is 5.88 Å². The van der Waals surface area contributed by atoms with Crippen LogP contribution in [0.15, 0.2) is 42.7 Å². The molecule has 0 radical (unpaired) electrons. The third kappa shape index (κ3) is 3.93. The molecule has 3 heterocycles. The van der Waals surface area contributed by atoms with Crippen LogP contribution in [0.1, 0.15) is 42.9 Å². The van der Waals surface area contributed by atoms with Gasteiger partial charge in [0.1, 0.15) is 11.9 Å². The molecule has 1 aliphatic heterocycles. The van der Waals surface area contributed by atoms with Crippen molar-refractivity contribution in [2.45, 2.75) is 44.1 Å². The van der Waals surface area contributed by atoms with Gasteiger partial charge in [0.15, 0.2) is 0 Å². The summed E-state index contributed by atoms with van der Waals surface area (Å²) in [6.45, 7) is 1.60. The zero-order valence-electron chi connectivity index (χ0n) is 14.8. The Bertz CT molecular complexity index is 738. The molecule has 4 rings (SSSR count). The molecule has 2 fully saturated rings. The summed E-state index contributed by atoms with van der Waals surface area (Å²) in [4.78, 5) is 21.1. The van der Waals surface area contributed by atoms with Gasteiger partial charge in [0.2, 0.25) is 5.88 Å². The number of carbonyl (C=O) groups is 1. The van der Waals surface area contributed by atoms with E-state index in [2.05, 4.69) is 16.0 Å². The molecule has 1 saturated carbocycles. The summed E-state index contributed by atoms with van der Waals surface area (Å²) in [6, 6.07) is 9.77. The second kappa shape index (κ2) is 7.96. The molecule has 5 heteroatoms. The van der Waals surface area contributed by atoms with E-state index in [-0.39, 0.29) is 17.8 Å². The van der Waals surface area contributed by atoms with Gasteiger partial charge in [-0.05, 0) is 49.8 Å². The maximum atomic E-state index is 12.4. The maximum Gasteiger partial charge on any atom is 0.217 e. The highest BCUT2D eigenvalue weighted by molar-refractivity contribution is 5.83.